The molecule has 7 nitrogen and oxygen atoms in total. The number of rotatable bonds is 6. The van der Waals surface area contributed by atoms with Gasteiger partial charge in [0.25, 0.3) is 0 Å². The number of carbonyl (C=O) groups excluding carboxylic acids is 1. The molecule has 1 aliphatic heterocycles. The highest BCUT2D eigenvalue weighted by molar-refractivity contribution is 7.13. The first-order valence-electron chi connectivity index (χ1n) is 11.5. The molecule has 4 aromatic heterocycles. The molecule has 5 heterocycles. The average molecular weight is 482 g/mol. The highest BCUT2D eigenvalue weighted by Crippen LogP contribution is 2.33. The normalized spacial score (nSPS) is 13.6. The Morgan fingerprint density at radius 1 is 1.11 bits per heavy atom. The lowest BCUT2D eigenvalue weighted by molar-refractivity contribution is 0.0398. The van der Waals surface area contributed by atoms with Crippen molar-refractivity contribution in [3.63, 3.8) is 0 Å². The molecule has 0 spiro atoms. The average Bonchev–Trinajstić information content (AvgIpc) is 3.53. The Balaban J connectivity index is 1.29. The predicted octanol–water partition coefficient (Wildman–Crippen LogP) is 5.10. The minimum Gasteiger partial charge on any atom is -0.462 e. The molecule has 1 saturated heterocycles. The number of thiophene rings is 1. The van der Waals surface area contributed by atoms with Crippen LogP contribution in [0.3, 0.4) is 0 Å². The number of aromatic amines is 1. The van der Waals surface area contributed by atoms with Gasteiger partial charge in [-0.1, -0.05) is 12.1 Å². The van der Waals surface area contributed by atoms with E-state index in [2.05, 4.69) is 37.4 Å². The SMILES string of the molecule is Cc1cccc(-c2[nH]cnc2-c2ccc3ncc(-c4cc(C(=O)OCC5CNC5)cs4)cc3c2)n1. The zero-order valence-electron chi connectivity index (χ0n) is 19.1. The molecule has 0 saturated carbocycles. The van der Waals surface area contributed by atoms with Crippen LogP contribution in [-0.2, 0) is 4.74 Å². The van der Waals surface area contributed by atoms with E-state index in [1.165, 1.54) is 11.3 Å². The number of hydrogen-bond donors (Lipinski definition) is 2. The zero-order valence-corrected chi connectivity index (χ0v) is 19.9. The van der Waals surface area contributed by atoms with E-state index in [0.29, 0.717) is 18.1 Å². The summed E-state index contributed by atoms with van der Waals surface area (Å²) in [5, 5.41) is 6.04. The molecule has 6 rings (SSSR count). The van der Waals surface area contributed by atoms with Crippen molar-refractivity contribution >= 4 is 28.2 Å². The zero-order chi connectivity index (χ0) is 23.8. The van der Waals surface area contributed by atoms with Crippen molar-refractivity contribution in [2.75, 3.05) is 19.7 Å². The molecule has 0 bridgehead atoms. The van der Waals surface area contributed by atoms with Crippen molar-refractivity contribution in [2.45, 2.75) is 6.92 Å². The predicted molar refractivity (Wildman–Crippen MR) is 137 cm³/mol. The summed E-state index contributed by atoms with van der Waals surface area (Å²) in [6.07, 6.45) is 3.54. The summed E-state index contributed by atoms with van der Waals surface area (Å²) < 4.78 is 5.46. The lowest BCUT2D eigenvalue weighted by Gasteiger charge is -2.26. The van der Waals surface area contributed by atoms with Gasteiger partial charge in [0.1, 0.15) is 0 Å². The topological polar surface area (TPSA) is 92.8 Å². The van der Waals surface area contributed by atoms with Crippen LogP contribution in [0.1, 0.15) is 16.1 Å². The third-order valence-electron chi connectivity index (χ3n) is 6.17. The molecule has 2 N–H and O–H groups in total. The minimum atomic E-state index is -0.272. The van der Waals surface area contributed by atoms with E-state index < -0.39 is 0 Å². The number of hydrogen-bond acceptors (Lipinski definition) is 7. The number of aryl methyl sites for hydroxylation is 1. The van der Waals surface area contributed by atoms with Gasteiger partial charge in [0.2, 0.25) is 0 Å². The molecule has 0 radical (unpaired) electrons. The smallest absolute Gasteiger partial charge is 0.339 e. The summed E-state index contributed by atoms with van der Waals surface area (Å²) in [4.78, 5) is 30.5. The van der Waals surface area contributed by atoms with Crippen LogP contribution in [-0.4, -0.2) is 45.6 Å². The highest BCUT2D eigenvalue weighted by atomic mass is 32.1. The Morgan fingerprint density at radius 2 is 2.00 bits per heavy atom. The molecule has 35 heavy (non-hydrogen) atoms. The maximum Gasteiger partial charge on any atom is 0.339 e. The maximum absolute atomic E-state index is 12.4. The van der Waals surface area contributed by atoms with Gasteiger partial charge in [-0.3, -0.25) is 9.97 Å². The Labute approximate surface area is 206 Å². The van der Waals surface area contributed by atoms with E-state index in [1.807, 2.05) is 54.9 Å². The summed E-state index contributed by atoms with van der Waals surface area (Å²) in [7, 11) is 0. The molecule has 1 aromatic carbocycles. The van der Waals surface area contributed by atoms with Crippen molar-refractivity contribution in [2.24, 2.45) is 5.92 Å². The first-order valence-corrected chi connectivity index (χ1v) is 12.4. The molecule has 1 aliphatic rings. The molecule has 5 aromatic rings. The van der Waals surface area contributed by atoms with Crippen LogP contribution in [0.15, 0.2) is 66.4 Å². The lowest BCUT2D eigenvalue weighted by Crippen LogP contribution is -2.44. The molecule has 8 heteroatoms. The van der Waals surface area contributed by atoms with Gasteiger partial charge in [-0.05, 0) is 43.3 Å². The van der Waals surface area contributed by atoms with Crippen molar-refractivity contribution in [1.29, 1.82) is 0 Å². The van der Waals surface area contributed by atoms with Crippen molar-refractivity contribution < 1.29 is 9.53 Å². The number of aromatic nitrogens is 4. The number of carbonyl (C=O) groups is 1. The van der Waals surface area contributed by atoms with Crippen LogP contribution < -0.4 is 5.32 Å². The van der Waals surface area contributed by atoms with E-state index in [9.17, 15) is 4.79 Å². The van der Waals surface area contributed by atoms with E-state index in [0.717, 1.165) is 62.8 Å². The van der Waals surface area contributed by atoms with Crippen molar-refractivity contribution in [3.05, 3.63) is 77.7 Å². The number of ether oxygens (including phenoxy) is 1. The minimum absolute atomic E-state index is 0.272. The van der Waals surface area contributed by atoms with Gasteiger partial charge in [0, 0.05) is 57.7 Å². The number of imidazole rings is 1. The molecule has 174 valence electrons. The third-order valence-corrected chi connectivity index (χ3v) is 7.15. The summed E-state index contributed by atoms with van der Waals surface area (Å²) >= 11 is 1.52. The third kappa shape index (κ3) is 4.34. The van der Waals surface area contributed by atoms with E-state index in [-0.39, 0.29) is 5.97 Å². The Morgan fingerprint density at radius 3 is 2.83 bits per heavy atom. The van der Waals surface area contributed by atoms with Crippen LogP contribution in [0.2, 0.25) is 0 Å². The van der Waals surface area contributed by atoms with Crippen LogP contribution >= 0.6 is 11.3 Å². The van der Waals surface area contributed by atoms with Crippen LogP contribution in [0.25, 0.3) is 44.0 Å². The molecule has 0 aliphatic carbocycles. The molecule has 0 amide bonds. The fourth-order valence-electron chi connectivity index (χ4n) is 4.14. The largest absolute Gasteiger partial charge is 0.462 e. The van der Waals surface area contributed by atoms with E-state index >= 15 is 0 Å². The maximum atomic E-state index is 12.4. The molecular formula is C27H23N5O2S. The van der Waals surface area contributed by atoms with Crippen molar-refractivity contribution in [3.8, 4) is 33.1 Å². The number of benzene rings is 1. The van der Waals surface area contributed by atoms with Crippen molar-refractivity contribution in [1.82, 2.24) is 25.3 Å². The standard InChI is InChI=1S/C27H23N5O2S/c1-16-3-2-4-23(32-16)26-25(30-15-31-26)18-5-6-22-19(7-18)8-20(12-29-22)24-9-21(14-35-24)27(33)34-13-17-10-28-11-17/h2-9,12,14-15,17,28H,10-11,13H2,1H3,(H,30,31). The summed E-state index contributed by atoms with van der Waals surface area (Å²) in [6.45, 7) is 4.26. The number of esters is 1. The van der Waals surface area contributed by atoms with Gasteiger partial charge >= 0.3 is 5.97 Å². The fourth-order valence-corrected chi connectivity index (χ4v) is 5.00. The number of pyridine rings is 2. The van der Waals surface area contributed by atoms with E-state index in [4.69, 9.17) is 4.74 Å². The molecule has 1 fully saturated rings. The van der Waals surface area contributed by atoms with Gasteiger partial charge in [-0.25, -0.2) is 9.78 Å². The van der Waals surface area contributed by atoms with E-state index in [1.54, 1.807) is 6.33 Å². The Kier molecular flexibility index (Phi) is 5.60. The van der Waals surface area contributed by atoms with Gasteiger partial charge in [0.15, 0.2) is 0 Å². The highest BCUT2D eigenvalue weighted by Gasteiger charge is 2.20. The molecular weight excluding hydrogens is 458 g/mol. The van der Waals surface area contributed by atoms with Crippen LogP contribution in [0.5, 0.6) is 0 Å². The Bertz CT molecular complexity index is 1540. The first kappa shape index (κ1) is 21.6. The number of H-pyrrole nitrogens is 1. The Hall–Kier alpha value is -3.88. The fraction of sp³-hybridized carbons (Fsp3) is 0.185. The molecule has 0 atom stereocenters. The van der Waals surface area contributed by atoms with Gasteiger partial charge in [0.05, 0.1) is 41.1 Å². The van der Waals surface area contributed by atoms with Gasteiger partial charge in [-0.15, -0.1) is 11.3 Å². The summed E-state index contributed by atoms with van der Waals surface area (Å²) in [5.74, 6) is 0.152. The number of nitrogens with one attached hydrogen (secondary N) is 2. The lowest BCUT2D eigenvalue weighted by atomic mass is 10.0. The second kappa shape index (κ2) is 9.05. The summed E-state index contributed by atoms with van der Waals surface area (Å²) in [5.41, 5.74) is 6.97. The van der Waals surface area contributed by atoms with Gasteiger partial charge in [-0.2, -0.15) is 0 Å². The quantitative estimate of drug-likeness (QED) is 0.328. The second-order valence-electron chi connectivity index (χ2n) is 8.74. The van der Waals surface area contributed by atoms with Crippen LogP contribution in [0.4, 0.5) is 0 Å². The second-order valence-corrected chi connectivity index (χ2v) is 9.66. The number of fused-ring (bicyclic) bond motifs is 1. The van der Waals surface area contributed by atoms with Gasteiger partial charge < -0.3 is 15.0 Å². The van der Waals surface area contributed by atoms with Crippen LogP contribution in [0, 0.1) is 12.8 Å². The summed E-state index contributed by atoms with van der Waals surface area (Å²) in [6, 6.07) is 16.1. The monoisotopic (exact) mass is 481 g/mol. The first-order chi connectivity index (χ1) is 17.1. The molecule has 0 unspecified atom stereocenters. The number of nitrogens with zero attached hydrogens (tertiary/aromatic N) is 3.